The standard InChI is InChI=1S/C13H11ClN2OS2/c1-7-6-19-11(10(7)14)13(17)16-9-5-3-2-4-8(9)12(15)18/h2-6H,1H3,(H2,15,18)(H,16,17). The van der Waals surface area contributed by atoms with Crippen molar-refractivity contribution >= 4 is 51.7 Å². The topological polar surface area (TPSA) is 55.1 Å². The number of hydrogen-bond donors (Lipinski definition) is 2. The Labute approximate surface area is 125 Å². The van der Waals surface area contributed by atoms with Crippen LogP contribution in [0.1, 0.15) is 20.8 Å². The molecule has 19 heavy (non-hydrogen) atoms. The van der Waals surface area contributed by atoms with Crippen molar-refractivity contribution in [2.45, 2.75) is 6.92 Å². The van der Waals surface area contributed by atoms with E-state index in [1.54, 1.807) is 18.2 Å². The second-order valence-corrected chi connectivity index (χ2v) is 5.62. The molecule has 1 aromatic heterocycles. The number of thiophene rings is 1. The van der Waals surface area contributed by atoms with Crippen molar-refractivity contribution in [3.05, 3.63) is 50.7 Å². The highest BCUT2D eigenvalue weighted by atomic mass is 35.5. The molecule has 3 N–H and O–H groups in total. The van der Waals surface area contributed by atoms with Crippen LogP contribution in [0.3, 0.4) is 0 Å². The summed E-state index contributed by atoms with van der Waals surface area (Å²) < 4.78 is 0. The number of amides is 1. The lowest BCUT2D eigenvalue weighted by Crippen LogP contribution is -2.17. The van der Waals surface area contributed by atoms with Gasteiger partial charge < -0.3 is 11.1 Å². The molecule has 0 unspecified atom stereocenters. The summed E-state index contributed by atoms with van der Waals surface area (Å²) in [5, 5.41) is 5.11. The Morgan fingerprint density at radius 2 is 2.11 bits per heavy atom. The van der Waals surface area contributed by atoms with Gasteiger partial charge in [-0.2, -0.15) is 0 Å². The molecule has 1 heterocycles. The first kappa shape index (κ1) is 14.0. The van der Waals surface area contributed by atoms with Crippen molar-refractivity contribution in [3.63, 3.8) is 0 Å². The van der Waals surface area contributed by atoms with Crippen molar-refractivity contribution in [1.29, 1.82) is 0 Å². The van der Waals surface area contributed by atoms with Gasteiger partial charge in [-0.05, 0) is 30.0 Å². The van der Waals surface area contributed by atoms with Gasteiger partial charge in [0.1, 0.15) is 9.87 Å². The van der Waals surface area contributed by atoms with Crippen LogP contribution in [-0.4, -0.2) is 10.9 Å². The Morgan fingerprint density at radius 1 is 1.42 bits per heavy atom. The van der Waals surface area contributed by atoms with E-state index in [4.69, 9.17) is 29.6 Å². The lowest BCUT2D eigenvalue weighted by Gasteiger charge is -2.09. The van der Waals surface area contributed by atoms with Crippen molar-refractivity contribution in [3.8, 4) is 0 Å². The third-order valence-corrected chi connectivity index (χ3v) is 4.46. The highest BCUT2D eigenvalue weighted by Gasteiger charge is 2.16. The highest BCUT2D eigenvalue weighted by molar-refractivity contribution is 7.80. The van der Waals surface area contributed by atoms with Gasteiger partial charge in [0.2, 0.25) is 0 Å². The molecule has 98 valence electrons. The Balaban J connectivity index is 2.29. The number of para-hydroxylation sites is 1. The lowest BCUT2D eigenvalue weighted by molar-refractivity contribution is 0.103. The first-order valence-electron chi connectivity index (χ1n) is 5.44. The summed E-state index contributed by atoms with van der Waals surface area (Å²) >= 11 is 12.3. The average Bonchev–Trinajstić information content (AvgIpc) is 2.70. The van der Waals surface area contributed by atoms with Crippen LogP contribution < -0.4 is 11.1 Å². The summed E-state index contributed by atoms with van der Waals surface area (Å²) in [6.45, 7) is 1.86. The summed E-state index contributed by atoms with van der Waals surface area (Å²) in [6, 6.07) is 7.13. The quantitative estimate of drug-likeness (QED) is 0.852. The molecular weight excluding hydrogens is 300 g/mol. The maximum atomic E-state index is 12.2. The fourth-order valence-corrected chi connectivity index (χ4v) is 2.92. The third-order valence-electron chi connectivity index (χ3n) is 2.55. The predicted molar refractivity (Wildman–Crippen MR) is 84.3 cm³/mol. The van der Waals surface area contributed by atoms with E-state index in [-0.39, 0.29) is 10.9 Å². The van der Waals surface area contributed by atoms with Crippen LogP contribution in [0, 0.1) is 6.92 Å². The van der Waals surface area contributed by atoms with E-state index >= 15 is 0 Å². The van der Waals surface area contributed by atoms with Crippen molar-refractivity contribution < 1.29 is 4.79 Å². The van der Waals surface area contributed by atoms with Gasteiger partial charge in [-0.15, -0.1) is 11.3 Å². The molecule has 0 bridgehead atoms. The second-order valence-electron chi connectivity index (χ2n) is 3.93. The zero-order valence-electron chi connectivity index (χ0n) is 10.1. The molecule has 0 aliphatic carbocycles. The van der Waals surface area contributed by atoms with Gasteiger partial charge >= 0.3 is 0 Å². The summed E-state index contributed by atoms with van der Waals surface area (Å²) in [5.41, 5.74) is 7.73. The minimum absolute atomic E-state index is 0.240. The summed E-state index contributed by atoms with van der Waals surface area (Å²) in [6.07, 6.45) is 0. The molecule has 0 aliphatic heterocycles. The lowest BCUT2D eigenvalue weighted by atomic mass is 10.1. The van der Waals surface area contributed by atoms with Crippen LogP contribution in [0.25, 0.3) is 0 Å². The summed E-state index contributed by atoms with van der Waals surface area (Å²) in [5.74, 6) is -0.258. The number of hydrogen-bond acceptors (Lipinski definition) is 3. The monoisotopic (exact) mass is 310 g/mol. The summed E-state index contributed by atoms with van der Waals surface area (Å²) in [4.78, 5) is 12.9. The number of halogens is 1. The SMILES string of the molecule is Cc1csc(C(=O)Nc2ccccc2C(N)=S)c1Cl. The van der Waals surface area contributed by atoms with Crippen LogP contribution in [-0.2, 0) is 0 Å². The number of carbonyl (C=O) groups is 1. The minimum atomic E-state index is -0.258. The van der Waals surface area contributed by atoms with E-state index in [0.717, 1.165) is 5.56 Å². The molecule has 2 rings (SSSR count). The second kappa shape index (κ2) is 5.69. The first-order valence-corrected chi connectivity index (χ1v) is 7.11. The van der Waals surface area contributed by atoms with Crippen LogP contribution in [0.2, 0.25) is 5.02 Å². The Hall–Kier alpha value is -1.43. The van der Waals surface area contributed by atoms with E-state index in [9.17, 15) is 4.79 Å². The molecule has 0 fully saturated rings. The van der Waals surface area contributed by atoms with E-state index in [0.29, 0.717) is 21.2 Å². The van der Waals surface area contributed by atoms with Gasteiger partial charge in [-0.1, -0.05) is 36.0 Å². The first-order chi connectivity index (χ1) is 9.00. The number of nitrogens with two attached hydrogens (primary N) is 1. The zero-order chi connectivity index (χ0) is 14.0. The van der Waals surface area contributed by atoms with Gasteiger partial charge in [0, 0.05) is 5.56 Å². The number of aryl methyl sites for hydroxylation is 1. The molecule has 0 saturated carbocycles. The predicted octanol–water partition coefficient (Wildman–Crippen LogP) is 3.60. The molecule has 0 aliphatic rings. The number of rotatable bonds is 3. The number of benzene rings is 1. The van der Waals surface area contributed by atoms with Crippen LogP contribution in [0.15, 0.2) is 29.6 Å². The minimum Gasteiger partial charge on any atom is -0.389 e. The van der Waals surface area contributed by atoms with Crippen LogP contribution in [0.5, 0.6) is 0 Å². The van der Waals surface area contributed by atoms with Crippen molar-refractivity contribution in [2.75, 3.05) is 5.32 Å². The smallest absolute Gasteiger partial charge is 0.267 e. The number of nitrogens with one attached hydrogen (secondary N) is 1. The zero-order valence-corrected chi connectivity index (χ0v) is 12.5. The fraction of sp³-hybridized carbons (Fsp3) is 0.0769. The fourth-order valence-electron chi connectivity index (χ4n) is 1.57. The summed E-state index contributed by atoms with van der Waals surface area (Å²) in [7, 11) is 0. The molecular formula is C13H11ClN2OS2. The number of anilines is 1. The molecule has 2 aromatic rings. The number of thiocarbonyl (C=S) groups is 1. The van der Waals surface area contributed by atoms with Gasteiger partial charge in [0.05, 0.1) is 10.7 Å². The van der Waals surface area contributed by atoms with E-state index in [1.165, 1.54) is 11.3 Å². The van der Waals surface area contributed by atoms with E-state index in [1.807, 2.05) is 18.4 Å². The highest BCUT2D eigenvalue weighted by Crippen LogP contribution is 2.28. The van der Waals surface area contributed by atoms with Gasteiger partial charge in [-0.3, -0.25) is 4.79 Å². The van der Waals surface area contributed by atoms with Gasteiger partial charge in [0.25, 0.3) is 5.91 Å². The Kier molecular flexibility index (Phi) is 4.19. The van der Waals surface area contributed by atoms with Gasteiger partial charge in [0.15, 0.2) is 0 Å². The van der Waals surface area contributed by atoms with E-state index < -0.39 is 0 Å². The van der Waals surface area contributed by atoms with E-state index in [2.05, 4.69) is 5.32 Å². The molecule has 1 amide bonds. The van der Waals surface area contributed by atoms with Crippen molar-refractivity contribution in [1.82, 2.24) is 0 Å². The van der Waals surface area contributed by atoms with Gasteiger partial charge in [-0.25, -0.2) is 0 Å². The maximum Gasteiger partial charge on any atom is 0.267 e. The molecule has 0 radical (unpaired) electrons. The maximum absolute atomic E-state index is 12.2. The van der Waals surface area contributed by atoms with Crippen molar-refractivity contribution in [2.24, 2.45) is 5.73 Å². The molecule has 0 spiro atoms. The third kappa shape index (κ3) is 2.94. The molecule has 0 atom stereocenters. The molecule has 1 aromatic carbocycles. The largest absolute Gasteiger partial charge is 0.389 e. The normalized spacial score (nSPS) is 10.2. The Bertz CT molecular complexity index is 652. The molecule has 6 heteroatoms. The van der Waals surface area contributed by atoms with Crippen LogP contribution in [0.4, 0.5) is 5.69 Å². The molecule has 3 nitrogen and oxygen atoms in total. The number of carbonyl (C=O) groups excluding carboxylic acids is 1. The molecule has 0 saturated heterocycles. The van der Waals surface area contributed by atoms with Crippen LogP contribution >= 0.6 is 35.2 Å². The Morgan fingerprint density at radius 3 is 2.68 bits per heavy atom. The average molecular weight is 311 g/mol.